The largest absolute Gasteiger partial charge is 0.355 e. The van der Waals surface area contributed by atoms with Crippen molar-refractivity contribution < 1.29 is 14.1 Å². The highest BCUT2D eigenvalue weighted by molar-refractivity contribution is 6.02. The average Bonchev–Trinajstić information content (AvgIpc) is 3.00. The van der Waals surface area contributed by atoms with Crippen molar-refractivity contribution in [3.63, 3.8) is 0 Å². The number of nitrogens with zero attached hydrogens (tertiary/aromatic N) is 2. The highest BCUT2D eigenvalue weighted by Gasteiger charge is 2.07. The van der Waals surface area contributed by atoms with Crippen LogP contribution in [-0.4, -0.2) is 29.0 Å². The number of carbonyl (C=O) groups is 2. The Hall–Kier alpha value is -3.48. The van der Waals surface area contributed by atoms with Crippen LogP contribution in [0.25, 0.3) is 17.2 Å². The quantitative estimate of drug-likeness (QED) is 0.714. The number of carbonyl (C=O) groups excluding carboxylic acids is 2. The summed E-state index contributed by atoms with van der Waals surface area (Å²) in [6, 6.07) is 8.69. The van der Waals surface area contributed by atoms with Gasteiger partial charge in [0.15, 0.2) is 0 Å². The number of pyridine rings is 1. The van der Waals surface area contributed by atoms with E-state index in [0.29, 0.717) is 22.7 Å². The minimum absolute atomic E-state index is 0.153. The van der Waals surface area contributed by atoms with Crippen LogP contribution in [0.1, 0.15) is 21.6 Å². The van der Waals surface area contributed by atoms with E-state index >= 15 is 0 Å². The summed E-state index contributed by atoms with van der Waals surface area (Å²) in [5, 5.41) is 9.87. The van der Waals surface area contributed by atoms with E-state index < -0.39 is 0 Å². The maximum Gasteiger partial charge on any atom is 0.258 e. The van der Waals surface area contributed by atoms with Crippen LogP contribution >= 0.6 is 0 Å². The van der Waals surface area contributed by atoms with Crippen molar-refractivity contribution in [2.45, 2.75) is 6.92 Å². The summed E-state index contributed by atoms with van der Waals surface area (Å²) >= 11 is 0. The molecule has 0 aliphatic rings. The third kappa shape index (κ3) is 3.72. The number of hydrogen-bond acceptors (Lipinski definition) is 5. The van der Waals surface area contributed by atoms with Crippen LogP contribution < -0.4 is 10.6 Å². The minimum Gasteiger partial charge on any atom is -0.355 e. The molecule has 3 rings (SSSR count). The summed E-state index contributed by atoms with van der Waals surface area (Å²) < 4.78 is 5.03. The monoisotopic (exact) mass is 336 g/mol. The van der Waals surface area contributed by atoms with E-state index in [-0.39, 0.29) is 11.8 Å². The van der Waals surface area contributed by atoms with Crippen molar-refractivity contribution in [3.05, 3.63) is 59.4 Å². The van der Waals surface area contributed by atoms with Crippen molar-refractivity contribution in [3.8, 4) is 0 Å². The Labute approximate surface area is 143 Å². The Morgan fingerprint density at radius 2 is 1.96 bits per heavy atom. The van der Waals surface area contributed by atoms with E-state index in [1.54, 1.807) is 43.5 Å². The van der Waals surface area contributed by atoms with Crippen LogP contribution in [0.15, 0.2) is 47.1 Å². The lowest BCUT2D eigenvalue weighted by Gasteiger charge is -2.02. The molecule has 0 aliphatic heterocycles. The maximum atomic E-state index is 12.0. The number of anilines is 1. The van der Waals surface area contributed by atoms with Gasteiger partial charge in [-0.3, -0.25) is 9.59 Å². The third-order valence-corrected chi connectivity index (χ3v) is 3.60. The maximum absolute atomic E-state index is 12.0. The lowest BCUT2D eigenvalue weighted by molar-refractivity contribution is -0.111. The SMILES string of the molecule is CNC(=O)c1ccc(/C=C/C(=O)Nc2cnc3onc(C)c3c2)cc1. The van der Waals surface area contributed by atoms with Crippen molar-refractivity contribution in [1.82, 2.24) is 15.5 Å². The Kier molecular flexibility index (Phi) is 4.56. The highest BCUT2D eigenvalue weighted by Crippen LogP contribution is 2.19. The first kappa shape index (κ1) is 16.4. The van der Waals surface area contributed by atoms with Crippen molar-refractivity contribution in [2.24, 2.45) is 0 Å². The van der Waals surface area contributed by atoms with Gasteiger partial charge in [-0.2, -0.15) is 0 Å². The number of nitrogens with one attached hydrogen (secondary N) is 2. The molecule has 3 aromatic rings. The molecule has 0 aliphatic carbocycles. The number of fused-ring (bicyclic) bond motifs is 1. The number of hydrogen-bond donors (Lipinski definition) is 2. The van der Waals surface area contributed by atoms with E-state index in [9.17, 15) is 9.59 Å². The number of benzene rings is 1. The number of aromatic nitrogens is 2. The van der Waals surface area contributed by atoms with Crippen LogP contribution in [0, 0.1) is 6.92 Å². The van der Waals surface area contributed by atoms with E-state index in [1.807, 2.05) is 6.92 Å². The average molecular weight is 336 g/mol. The summed E-state index contributed by atoms with van der Waals surface area (Å²) in [6.45, 7) is 1.81. The molecule has 0 fully saturated rings. The van der Waals surface area contributed by atoms with Gasteiger partial charge in [0.2, 0.25) is 5.91 Å². The lowest BCUT2D eigenvalue weighted by atomic mass is 10.1. The van der Waals surface area contributed by atoms with Crippen LogP contribution in [0.5, 0.6) is 0 Å². The molecule has 1 aromatic carbocycles. The van der Waals surface area contributed by atoms with Gasteiger partial charge in [0, 0.05) is 18.7 Å². The molecule has 0 radical (unpaired) electrons. The molecule has 2 N–H and O–H groups in total. The Morgan fingerprint density at radius 1 is 1.20 bits per heavy atom. The second-order valence-electron chi connectivity index (χ2n) is 5.37. The fourth-order valence-electron chi connectivity index (χ4n) is 2.26. The lowest BCUT2D eigenvalue weighted by Crippen LogP contribution is -2.17. The second kappa shape index (κ2) is 6.96. The summed E-state index contributed by atoms with van der Waals surface area (Å²) in [6.07, 6.45) is 4.59. The second-order valence-corrected chi connectivity index (χ2v) is 5.37. The molecule has 126 valence electrons. The Morgan fingerprint density at radius 3 is 2.68 bits per heavy atom. The molecule has 7 heteroatoms. The molecule has 0 spiro atoms. The molecule has 2 amide bonds. The normalized spacial score (nSPS) is 11.0. The van der Waals surface area contributed by atoms with Crippen LogP contribution in [-0.2, 0) is 4.79 Å². The smallest absolute Gasteiger partial charge is 0.258 e. The third-order valence-electron chi connectivity index (χ3n) is 3.60. The molecule has 0 saturated carbocycles. The highest BCUT2D eigenvalue weighted by atomic mass is 16.5. The number of aryl methyl sites for hydroxylation is 1. The van der Waals surface area contributed by atoms with Gasteiger partial charge in [-0.25, -0.2) is 4.98 Å². The first-order valence-electron chi connectivity index (χ1n) is 7.60. The predicted octanol–water partition coefficient (Wildman–Crippen LogP) is 2.54. The fourth-order valence-corrected chi connectivity index (χ4v) is 2.26. The topological polar surface area (TPSA) is 97.1 Å². The van der Waals surface area contributed by atoms with Crippen molar-refractivity contribution in [1.29, 1.82) is 0 Å². The zero-order valence-electron chi connectivity index (χ0n) is 13.7. The Balaban J connectivity index is 1.67. The molecule has 0 unspecified atom stereocenters. The Bertz CT molecular complexity index is 958. The molecular weight excluding hydrogens is 320 g/mol. The standard InChI is InChI=1S/C18H16N4O3/c1-11-15-9-14(10-20-18(15)25-22-11)21-16(23)8-5-12-3-6-13(7-4-12)17(24)19-2/h3-10H,1-2H3,(H,19,24)(H,21,23)/b8-5+. The van der Waals surface area contributed by atoms with Crippen LogP contribution in [0.3, 0.4) is 0 Å². The van der Waals surface area contributed by atoms with Crippen LogP contribution in [0.2, 0.25) is 0 Å². The van der Waals surface area contributed by atoms with Gasteiger partial charge < -0.3 is 15.2 Å². The molecule has 25 heavy (non-hydrogen) atoms. The first-order chi connectivity index (χ1) is 12.1. The van der Waals surface area contributed by atoms with Gasteiger partial charge in [-0.05, 0) is 36.8 Å². The first-order valence-corrected chi connectivity index (χ1v) is 7.60. The summed E-state index contributed by atoms with van der Waals surface area (Å²) in [5.74, 6) is -0.439. The zero-order valence-corrected chi connectivity index (χ0v) is 13.7. The number of amides is 2. The van der Waals surface area contributed by atoms with Crippen molar-refractivity contribution >= 4 is 34.7 Å². The van der Waals surface area contributed by atoms with E-state index in [1.165, 1.54) is 12.3 Å². The van der Waals surface area contributed by atoms with Gasteiger partial charge in [0.1, 0.15) is 0 Å². The van der Waals surface area contributed by atoms with Gasteiger partial charge in [0.25, 0.3) is 11.6 Å². The fraction of sp³-hybridized carbons (Fsp3) is 0.111. The van der Waals surface area contributed by atoms with E-state index in [4.69, 9.17) is 4.52 Å². The molecule has 0 bridgehead atoms. The van der Waals surface area contributed by atoms with Crippen LogP contribution in [0.4, 0.5) is 5.69 Å². The molecule has 0 atom stereocenters. The molecule has 2 aromatic heterocycles. The van der Waals surface area contributed by atoms with Gasteiger partial charge in [-0.15, -0.1) is 0 Å². The molecule has 2 heterocycles. The van der Waals surface area contributed by atoms with Gasteiger partial charge in [0.05, 0.1) is 23.0 Å². The molecule has 0 saturated heterocycles. The van der Waals surface area contributed by atoms with E-state index in [2.05, 4.69) is 20.8 Å². The van der Waals surface area contributed by atoms with Gasteiger partial charge >= 0.3 is 0 Å². The molecule has 7 nitrogen and oxygen atoms in total. The number of rotatable bonds is 4. The summed E-state index contributed by atoms with van der Waals surface area (Å²) in [7, 11) is 1.58. The van der Waals surface area contributed by atoms with Gasteiger partial charge in [-0.1, -0.05) is 17.3 Å². The van der Waals surface area contributed by atoms with E-state index in [0.717, 1.165) is 10.9 Å². The minimum atomic E-state index is -0.286. The summed E-state index contributed by atoms with van der Waals surface area (Å²) in [4.78, 5) is 27.6. The van der Waals surface area contributed by atoms with Crippen molar-refractivity contribution in [2.75, 3.05) is 12.4 Å². The zero-order chi connectivity index (χ0) is 17.8. The summed E-state index contributed by atoms with van der Waals surface area (Å²) in [5.41, 5.74) is 3.08. The predicted molar refractivity (Wildman–Crippen MR) is 94.0 cm³/mol. The molecular formula is C18H16N4O3.